The average Bonchev–Trinajstić information content (AvgIpc) is 2.56. The number of nitrogens with zero attached hydrogens (tertiary/aromatic N) is 2. The Bertz CT molecular complexity index is 590. The summed E-state index contributed by atoms with van der Waals surface area (Å²) < 4.78 is 16.5. The number of aromatic nitrogens is 2. The Morgan fingerprint density at radius 2 is 2.06 bits per heavy atom. The van der Waals surface area contributed by atoms with Gasteiger partial charge in [-0.25, -0.2) is 9.07 Å². The summed E-state index contributed by atoms with van der Waals surface area (Å²) in [4.78, 5) is 0. The summed E-state index contributed by atoms with van der Waals surface area (Å²) in [6.07, 6.45) is 0. The molecule has 96 valence electrons. The van der Waals surface area contributed by atoms with Crippen LogP contribution < -0.4 is 5.73 Å². The highest BCUT2D eigenvalue weighted by molar-refractivity contribution is 9.10. The predicted molar refractivity (Wildman–Crippen MR) is 73.3 cm³/mol. The van der Waals surface area contributed by atoms with Crippen LogP contribution in [0.25, 0.3) is 5.69 Å². The predicted octanol–water partition coefficient (Wildman–Crippen LogP) is 3.41. The van der Waals surface area contributed by atoms with Gasteiger partial charge in [-0.15, -0.1) is 0 Å². The molecule has 0 aliphatic heterocycles. The van der Waals surface area contributed by atoms with Crippen LogP contribution in [0.3, 0.4) is 0 Å². The number of rotatable bonds is 2. The minimum Gasteiger partial charge on any atom is -0.324 e. The number of benzene rings is 1. The van der Waals surface area contributed by atoms with Crippen molar-refractivity contribution in [1.29, 1.82) is 0 Å². The fraction of sp³-hybridized carbons (Fsp3) is 0.308. The standard InChI is InChI=1S/C13H15BrFN3/c1-7(16)12-10(15)5-4-6-11(12)18-9(3)13(14)8(2)17-18/h4-7H,16H2,1-3H3/t7-/m1/s1. The molecule has 1 heterocycles. The number of halogens is 2. The van der Waals surface area contributed by atoms with Crippen LogP contribution >= 0.6 is 15.9 Å². The molecule has 2 aromatic rings. The molecule has 1 aromatic carbocycles. The molecule has 1 atom stereocenters. The van der Waals surface area contributed by atoms with E-state index in [4.69, 9.17) is 5.73 Å². The molecule has 2 N–H and O–H groups in total. The molecule has 18 heavy (non-hydrogen) atoms. The highest BCUT2D eigenvalue weighted by Crippen LogP contribution is 2.28. The van der Waals surface area contributed by atoms with Crippen LogP contribution in [-0.4, -0.2) is 9.78 Å². The Kier molecular flexibility index (Phi) is 3.54. The number of hydrogen-bond donors (Lipinski definition) is 1. The number of nitrogens with two attached hydrogens (primary N) is 1. The molecule has 0 unspecified atom stereocenters. The second kappa shape index (κ2) is 4.82. The highest BCUT2D eigenvalue weighted by atomic mass is 79.9. The molecule has 5 heteroatoms. The normalized spacial score (nSPS) is 12.8. The van der Waals surface area contributed by atoms with Crippen molar-refractivity contribution < 1.29 is 4.39 Å². The van der Waals surface area contributed by atoms with Crippen LogP contribution in [0.4, 0.5) is 4.39 Å². The van der Waals surface area contributed by atoms with Crippen LogP contribution in [-0.2, 0) is 0 Å². The molecule has 0 aliphatic carbocycles. The molecule has 0 saturated heterocycles. The number of hydrogen-bond acceptors (Lipinski definition) is 2. The summed E-state index contributed by atoms with van der Waals surface area (Å²) in [7, 11) is 0. The SMILES string of the molecule is Cc1nn(-c2cccc(F)c2[C@@H](C)N)c(C)c1Br. The lowest BCUT2D eigenvalue weighted by molar-refractivity contribution is 0.588. The van der Waals surface area contributed by atoms with E-state index in [-0.39, 0.29) is 11.9 Å². The van der Waals surface area contributed by atoms with E-state index in [1.165, 1.54) is 6.07 Å². The first-order chi connectivity index (χ1) is 8.43. The molecular formula is C13H15BrFN3. The maximum absolute atomic E-state index is 13.9. The zero-order valence-corrected chi connectivity index (χ0v) is 12.1. The summed E-state index contributed by atoms with van der Waals surface area (Å²) in [6, 6.07) is 4.53. The van der Waals surface area contributed by atoms with E-state index >= 15 is 0 Å². The Morgan fingerprint density at radius 1 is 1.39 bits per heavy atom. The van der Waals surface area contributed by atoms with Crippen LogP contribution in [0, 0.1) is 19.7 Å². The zero-order valence-electron chi connectivity index (χ0n) is 10.5. The lowest BCUT2D eigenvalue weighted by atomic mass is 10.1. The quantitative estimate of drug-likeness (QED) is 0.923. The molecule has 0 radical (unpaired) electrons. The van der Waals surface area contributed by atoms with Crippen molar-refractivity contribution in [3.8, 4) is 5.69 Å². The van der Waals surface area contributed by atoms with Gasteiger partial charge in [0.25, 0.3) is 0 Å². The second-order valence-electron chi connectivity index (χ2n) is 4.36. The minimum atomic E-state index is -0.385. The van der Waals surface area contributed by atoms with Gasteiger partial charge in [0.1, 0.15) is 5.82 Å². The molecule has 0 fully saturated rings. The van der Waals surface area contributed by atoms with Gasteiger partial charge in [-0.2, -0.15) is 5.10 Å². The third kappa shape index (κ3) is 2.08. The summed E-state index contributed by atoms with van der Waals surface area (Å²) in [5.41, 5.74) is 8.83. The molecule has 0 saturated carbocycles. The van der Waals surface area contributed by atoms with Gasteiger partial charge in [0.15, 0.2) is 0 Å². The van der Waals surface area contributed by atoms with Gasteiger partial charge in [-0.05, 0) is 48.8 Å². The fourth-order valence-electron chi connectivity index (χ4n) is 2.02. The van der Waals surface area contributed by atoms with E-state index in [9.17, 15) is 4.39 Å². The van der Waals surface area contributed by atoms with Gasteiger partial charge >= 0.3 is 0 Å². The molecule has 1 aromatic heterocycles. The Labute approximate surface area is 114 Å². The van der Waals surface area contributed by atoms with Crippen molar-refractivity contribution in [3.05, 3.63) is 45.4 Å². The Hall–Kier alpha value is -1.20. The van der Waals surface area contributed by atoms with Crippen molar-refractivity contribution in [2.24, 2.45) is 5.73 Å². The third-order valence-corrected chi connectivity index (χ3v) is 4.06. The van der Waals surface area contributed by atoms with E-state index in [1.807, 2.05) is 19.9 Å². The van der Waals surface area contributed by atoms with Crippen LogP contribution in [0.2, 0.25) is 0 Å². The van der Waals surface area contributed by atoms with Gasteiger partial charge in [0, 0.05) is 11.6 Å². The third-order valence-electron chi connectivity index (χ3n) is 2.92. The first kappa shape index (κ1) is 13.2. The van der Waals surface area contributed by atoms with Crippen molar-refractivity contribution in [1.82, 2.24) is 9.78 Å². The molecule has 0 bridgehead atoms. The van der Waals surface area contributed by atoms with Gasteiger partial charge in [0.05, 0.1) is 21.5 Å². The Balaban J connectivity index is 2.71. The van der Waals surface area contributed by atoms with E-state index in [1.54, 1.807) is 17.7 Å². The van der Waals surface area contributed by atoms with E-state index in [0.717, 1.165) is 15.9 Å². The smallest absolute Gasteiger partial charge is 0.130 e. The van der Waals surface area contributed by atoms with E-state index in [0.29, 0.717) is 11.3 Å². The first-order valence-electron chi connectivity index (χ1n) is 5.69. The van der Waals surface area contributed by atoms with Crippen molar-refractivity contribution in [2.45, 2.75) is 26.8 Å². The largest absolute Gasteiger partial charge is 0.324 e. The maximum atomic E-state index is 13.9. The molecule has 2 rings (SSSR count). The topological polar surface area (TPSA) is 43.8 Å². The lowest BCUT2D eigenvalue weighted by Gasteiger charge is -2.14. The zero-order chi connectivity index (χ0) is 13.4. The summed E-state index contributed by atoms with van der Waals surface area (Å²) in [5, 5.41) is 4.41. The summed E-state index contributed by atoms with van der Waals surface area (Å²) >= 11 is 3.47. The fourth-order valence-corrected chi connectivity index (χ4v) is 2.27. The molecular weight excluding hydrogens is 297 g/mol. The van der Waals surface area contributed by atoms with Gasteiger partial charge in [-0.1, -0.05) is 6.07 Å². The van der Waals surface area contributed by atoms with Gasteiger partial charge in [-0.3, -0.25) is 0 Å². The maximum Gasteiger partial charge on any atom is 0.130 e. The van der Waals surface area contributed by atoms with E-state index < -0.39 is 0 Å². The number of aryl methyl sites for hydroxylation is 1. The minimum absolute atomic E-state index is 0.300. The molecule has 3 nitrogen and oxygen atoms in total. The van der Waals surface area contributed by atoms with Crippen LogP contribution in [0.15, 0.2) is 22.7 Å². The monoisotopic (exact) mass is 311 g/mol. The van der Waals surface area contributed by atoms with Gasteiger partial charge < -0.3 is 5.73 Å². The summed E-state index contributed by atoms with van der Waals surface area (Å²) in [6.45, 7) is 5.60. The average molecular weight is 312 g/mol. The first-order valence-corrected chi connectivity index (χ1v) is 6.49. The van der Waals surface area contributed by atoms with Crippen LogP contribution in [0.5, 0.6) is 0 Å². The molecule has 0 spiro atoms. The van der Waals surface area contributed by atoms with E-state index in [2.05, 4.69) is 21.0 Å². The summed E-state index contributed by atoms with van der Waals surface area (Å²) in [5.74, 6) is -0.300. The van der Waals surface area contributed by atoms with Crippen LogP contribution in [0.1, 0.15) is 29.9 Å². The molecule has 0 amide bonds. The second-order valence-corrected chi connectivity index (χ2v) is 5.15. The van der Waals surface area contributed by atoms with Crippen molar-refractivity contribution in [2.75, 3.05) is 0 Å². The lowest BCUT2D eigenvalue weighted by Crippen LogP contribution is -2.13. The highest BCUT2D eigenvalue weighted by Gasteiger charge is 2.17. The molecule has 0 aliphatic rings. The van der Waals surface area contributed by atoms with Crippen molar-refractivity contribution >= 4 is 15.9 Å². The van der Waals surface area contributed by atoms with Crippen molar-refractivity contribution in [3.63, 3.8) is 0 Å². The Morgan fingerprint density at radius 3 is 2.56 bits per heavy atom. The van der Waals surface area contributed by atoms with Gasteiger partial charge in [0.2, 0.25) is 0 Å².